The molecule has 1 atom stereocenters. The number of phenolic OH excluding ortho intramolecular Hbond substituents is 1. The first-order valence-corrected chi connectivity index (χ1v) is 6.01. The topological polar surface area (TPSA) is 77.0 Å². The molecule has 0 spiro atoms. The molecule has 5 nitrogen and oxygen atoms in total. The Labute approximate surface area is 106 Å². The van der Waals surface area contributed by atoms with Crippen molar-refractivity contribution in [3.63, 3.8) is 0 Å². The molecule has 0 fully saturated rings. The van der Waals surface area contributed by atoms with Gasteiger partial charge in [0.1, 0.15) is 11.6 Å². The third kappa shape index (κ3) is 2.09. The Balaban J connectivity index is 2.49. The summed E-state index contributed by atoms with van der Waals surface area (Å²) in [5.41, 5.74) is 7.66. The number of benzene rings is 1. The van der Waals surface area contributed by atoms with Gasteiger partial charge in [0.25, 0.3) is 0 Å². The first-order valence-electron chi connectivity index (χ1n) is 6.01. The van der Waals surface area contributed by atoms with Crippen molar-refractivity contribution in [1.29, 1.82) is 0 Å². The van der Waals surface area contributed by atoms with Gasteiger partial charge in [-0.05, 0) is 37.1 Å². The zero-order chi connectivity index (χ0) is 13.3. The van der Waals surface area contributed by atoms with Gasteiger partial charge >= 0.3 is 0 Å². The molecule has 0 bridgehead atoms. The number of nitrogens with two attached hydrogens (primary N) is 1. The summed E-state index contributed by atoms with van der Waals surface area (Å²) in [6, 6.07) is 5.31. The van der Waals surface area contributed by atoms with Gasteiger partial charge in [-0.25, -0.2) is 0 Å². The van der Waals surface area contributed by atoms with Gasteiger partial charge < -0.3 is 15.4 Å². The lowest BCUT2D eigenvalue weighted by molar-refractivity contribution is 0.469. The van der Waals surface area contributed by atoms with Gasteiger partial charge in [-0.2, -0.15) is 0 Å². The van der Waals surface area contributed by atoms with Gasteiger partial charge in [0.2, 0.25) is 0 Å². The van der Waals surface area contributed by atoms with Gasteiger partial charge in [0, 0.05) is 12.6 Å². The number of aromatic nitrogens is 3. The normalized spacial score (nSPS) is 12.7. The molecule has 1 heterocycles. The fraction of sp³-hybridized carbons (Fsp3) is 0.385. The molecule has 0 aliphatic carbocycles. The van der Waals surface area contributed by atoms with Crippen LogP contribution >= 0.6 is 0 Å². The largest absolute Gasteiger partial charge is 0.508 e. The van der Waals surface area contributed by atoms with Gasteiger partial charge in [-0.3, -0.25) is 0 Å². The Morgan fingerprint density at radius 2 is 2.11 bits per heavy atom. The van der Waals surface area contributed by atoms with Crippen LogP contribution in [0.4, 0.5) is 0 Å². The summed E-state index contributed by atoms with van der Waals surface area (Å²) in [6.45, 7) is 3.88. The van der Waals surface area contributed by atoms with E-state index < -0.39 is 0 Å². The summed E-state index contributed by atoms with van der Waals surface area (Å²) in [7, 11) is 1.90. The first-order chi connectivity index (χ1) is 8.54. The van der Waals surface area contributed by atoms with Crippen molar-refractivity contribution >= 4 is 0 Å². The highest BCUT2D eigenvalue weighted by atomic mass is 16.3. The number of hydrogen-bond donors (Lipinski definition) is 2. The molecule has 0 aliphatic heterocycles. The molecule has 0 radical (unpaired) electrons. The minimum Gasteiger partial charge on any atom is -0.508 e. The van der Waals surface area contributed by atoms with E-state index in [4.69, 9.17) is 5.73 Å². The summed E-state index contributed by atoms with van der Waals surface area (Å²) in [4.78, 5) is 0. The number of hydrogen-bond acceptors (Lipinski definition) is 4. The molecule has 0 saturated carbocycles. The highest BCUT2D eigenvalue weighted by Crippen LogP contribution is 2.25. The fourth-order valence-electron chi connectivity index (χ4n) is 2.00. The average Bonchev–Trinajstić information content (AvgIpc) is 2.72. The maximum atomic E-state index is 9.68. The van der Waals surface area contributed by atoms with E-state index >= 15 is 0 Å². The zero-order valence-corrected chi connectivity index (χ0v) is 10.9. The zero-order valence-electron chi connectivity index (χ0n) is 10.9. The Kier molecular flexibility index (Phi) is 3.34. The maximum absolute atomic E-state index is 9.68. The molecular weight excluding hydrogens is 228 g/mol. The van der Waals surface area contributed by atoms with Crippen molar-refractivity contribution in [1.82, 2.24) is 14.8 Å². The molecule has 96 valence electrons. The average molecular weight is 246 g/mol. The van der Waals surface area contributed by atoms with Crippen LogP contribution in [0.15, 0.2) is 18.2 Å². The van der Waals surface area contributed by atoms with E-state index in [-0.39, 0.29) is 6.04 Å². The van der Waals surface area contributed by atoms with Crippen LogP contribution in [-0.2, 0) is 13.5 Å². The van der Waals surface area contributed by atoms with E-state index in [1.54, 1.807) is 6.07 Å². The van der Waals surface area contributed by atoms with Crippen LogP contribution in [0.2, 0.25) is 0 Å². The minimum absolute atomic E-state index is 0.154. The Morgan fingerprint density at radius 3 is 2.67 bits per heavy atom. The summed E-state index contributed by atoms with van der Waals surface area (Å²) in [5.74, 6) is 1.82. The van der Waals surface area contributed by atoms with Crippen LogP contribution in [0.5, 0.6) is 5.75 Å². The summed E-state index contributed by atoms with van der Waals surface area (Å²) >= 11 is 0. The van der Waals surface area contributed by atoms with Crippen LogP contribution in [0.3, 0.4) is 0 Å². The van der Waals surface area contributed by atoms with Gasteiger partial charge in [0.15, 0.2) is 5.82 Å². The van der Waals surface area contributed by atoms with Gasteiger partial charge in [-0.1, -0.05) is 6.92 Å². The molecule has 1 aromatic carbocycles. The monoisotopic (exact) mass is 246 g/mol. The van der Waals surface area contributed by atoms with Crippen molar-refractivity contribution in [2.45, 2.75) is 26.3 Å². The number of rotatable bonds is 3. The van der Waals surface area contributed by atoms with Crippen molar-refractivity contribution in [2.75, 3.05) is 0 Å². The summed E-state index contributed by atoms with van der Waals surface area (Å²) in [6.07, 6.45) is 0.775. The lowest BCUT2D eigenvalue weighted by Gasteiger charge is -2.08. The van der Waals surface area contributed by atoms with Crippen LogP contribution in [0, 0.1) is 0 Å². The second-order valence-electron chi connectivity index (χ2n) is 4.43. The Hall–Kier alpha value is -1.88. The molecule has 1 aromatic heterocycles. The standard InChI is InChI=1S/C13H18N4O/c1-4-9-7-10(5-6-11(9)18)13-16-15-12(8(2)14)17(13)3/h5-8,18H,4,14H2,1-3H3/t8-/m1/s1. The predicted octanol–water partition coefficient (Wildman–Crippen LogP) is 1.77. The van der Waals surface area contributed by atoms with Crippen LogP contribution < -0.4 is 5.73 Å². The molecule has 0 aliphatic rings. The van der Waals surface area contributed by atoms with Crippen LogP contribution in [-0.4, -0.2) is 19.9 Å². The second kappa shape index (κ2) is 4.78. The van der Waals surface area contributed by atoms with Crippen molar-refractivity contribution < 1.29 is 5.11 Å². The van der Waals surface area contributed by atoms with E-state index in [0.717, 1.165) is 29.2 Å². The van der Waals surface area contributed by atoms with Crippen molar-refractivity contribution in [3.05, 3.63) is 29.6 Å². The molecule has 3 N–H and O–H groups in total. The summed E-state index contributed by atoms with van der Waals surface area (Å²) in [5, 5.41) is 17.9. The van der Waals surface area contributed by atoms with Gasteiger partial charge in [-0.15, -0.1) is 10.2 Å². The third-order valence-electron chi connectivity index (χ3n) is 3.03. The van der Waals surface area contributed by atoms with Crippen LogP contribution in [0.1, 0.15) is 31.3 Å². The van der Waals surface area contributed by atoms with Gasteiger partial charge in [0.05, 0.1) is 6.04 Å². The number of aromatic hydroxyl groups is 1. The molecule has 2 rings (SSSR count). The van der Waals surface area contributed by atoms with E-state index in [1.165, 1.54) is 0 Å². The smallest absolute Gasteiger partial charge is 0.163 e. The molecule has 0 unspecified atom stereocenters. The first kappa shape index (κ1) is 12.6. The second-order valence-corrected chi connectivity index (χ2v) is 4.43. The number of aryl methyl sites for hydroxylation is 1. The molecule has 0 amide bonds. The van der Waals surface area contributed by atoms with Crippen LogP contribution in [0.25, 0.3) is 11.4 Å². The molecular formula is C13H18N4O. The highest BCUT2D eigenvalue weighted by Gasteiger charge is 2.14. The maximum Gasteiger partial charge on any atom is 0.163 e. The minimum atomic E-state index is -0.154. The molecule has 5 heteroatoms. The quantitative estimate of drug-likeness (QED) is 0.865. The number of nitrogens with zero attached hydrogens (tertiary/aromatic N) is 3. The summed E-state index contributed by atoms with van der Waals surface area (Å²) < 4.78 is 1.89. The van der Waals surface area contributed by atoms with Crippen molar-refractivity contribution in [3.8, 4) is 17.1 Å². The lowest BCUT2D eigenvalue weighted by atomic mass is 10.1. The SMILES string of the molecule is CCc1cc(-c2nnc([C@@H](C)N)n2C)ccc1O. The highest BCUT2D eigenvalue weighted by molar-refractivity contribution is 5.59. The Morgan fingerprint density at radius 1 is 1.39 bits per heavy atom. The van der Waals surface area contributed by atoms with E-state index in [2.05, 4.69) is 10.2 Å². The third-order valence-corrected chi connectivity index (χ3v) is 3.03. The van der Waals surface area contributed by atoms with Crippen molar-refractivity contribution in [2.24, 2.45) is 12.8 Å². The fourth-order valence-corrected chi connectivity index (χ4v) is 2.00. The number of phenols is 1. The molecule has 18 heavy (non-hydrogen) atoms. The van der Waals surface area contributed by atoms with E-state index in [1.807, 2.05) is 37.6 Å². The van der Waals surface area contributed by atoms with E-state index in [9.17, 15) is 5.11 Å². The van der Waals surface area contributed by atoms with E-state index in [0.29, 0.717) is 5.75 Å². The molecule has 0 saturated heterocycles. The molecule has 2 aromatic rings. The Bertz CT molecular complexity index is 560. The lowest BCUT2D eigenvalue weighted by Crippen LogP contribution is -2.11. The predicted molar refractivity (Wildman–Crippen MR) is 70.1 cm³/mol.